The van der Waals surface area contributed by atoms with Crippen LogP contribution in [-0.4, -0.2) is 17.8 Å². The molecule has 0 aromatic heterocycles. The maximum absolute atomic E-state index is 12.8. The van der Waals surface area contributed by atoms with Crippen LogP contribution in [0.25, 0.3) is 0 Å². The Kier molecular flexibility index (Phi) is 3.88. The number of ether oxygens (including phenoxy) is 1. The molecule has 0 spiro atoms. The molecule has 6 heteroatoms. The molecule has 5 rings (SSSR count). The second kappa shape index (κ2) is 6.31. The highest BCUT2D eigenvalue weighted by Crippen LogP contribution is 2.53. The van der Waals surface area contributed by atoms with Gasteiger partial charge in [0.15, 0.2) is 0 Å². The number of hydrogen-bond donors (Lipinski definition) is 0. The number of carbonyl (C=O) groups excluding carboxylic acids is 3. The normalized spacial score (nSPS) is 27.4. The average molecular weight is 394 g/mol. The van der Waals surface area contributed by atoms with Crippen molar-refractivity contribution in [3.8, 4) is 5.75 Å². The van der Waals surface area contributed by atoms with E-state index in [9.17, 15) is 14.4 Å². The molecule has 0 radical (unpaired) electrons. The Hall–Kier alpha value is -2.92. The Morgan fingerprint density at radius 3 is 2.04 bits per heavy atom. The number of benzene rings is 2. The number of amides is 2. The van der Waals surface area contributed by atoms with Crippen molar-refractivity contribution in [2.75, 3.05) is 4.90 Å². The van der Waals surface area contributed by atoms with Gasteiger partial charge in [-0.1, -0.05) is 23.8 Å². The van der Waals surface area contributed by atoms with E-state index in [-0.39, 0.29) is 35.5 Å². The molecule has 1 saturated carbocycles. The molecule has 2 aromatic carbocycles. The van der Waals surface area contributed by atoms with Crippen LogP contribution in [0.1, 0.15) is 16.8 Å². The summed E-state index contributed by atoms with van der Waals surface area (Å²) < 4.78 is 5.31. The second-order valence-corrected chi connectivity index (χ2v) is 7.84. The lowest BCUT2D eigenvalue weighted by Gasteiger charge is -2.17. The van der Waals surface area contributed by atoms with Gasteiger partial charge >= 0.3 is 5.97 Å². The largest absolute Gasteiger partial charge is 0.423 e. The molecule has 2 amide bonds. The first kappa shape index (κ1) is 17.2. The summed E-state index contributed by atoms with van der Waals surface area (Å²) in [5.74, 6) is -0.540. The van der Waals surface area contributed by atoms with Gasteiger partial charge in [-0.05, 0) is 66.8 Å². The Labute approximate surface area is 166 Å². The lowest BCUT2D eigenvalue weighted by Crippen LogP contribution is -2.32. The molecule has 2 aliphatic carbocycles. The van der Waals surface area contributed by atoms with Gasteiger partial charge in [0, 0.05) is 5.02 Å². The molecule has 28 heavy (non-hydrogen) atoms. The predicted octanol–water partition coefficient (Wildman–Crippen LogP) is 3.87. The van der Waals surface area contributed by atoms with Crippen LogP contribution in [-0.2, 0) is 9.59 Å². The highest BCUT2D eigenvalue weighted by Gasteiger charge is 2.59. The Morgan fingerprint density at radius 1 is 0.893 bits per heavy atom. The lowest BCUT2D eigenvalue weighted by atomic mass is 9.85. The number of imide groups is 1. The maximum Gasteiger partial charge on any atom is 0.343 e. The number of fused-ring (bicyclic) bond motifs is 5. The van der Waals surface area contributed by atoms with E-state index in [0.29, 0.717) is 22.0 Å². The van der Waals surface area contributed by atoms with Gasteiger partial charge < -0.3 is 4.74 Å². The number of esters is 1. The molecule has 2 aromatic rings. The lowest BCUT2D eigenvalue weighted by molar-refractivity contribution is -0.123. The monoisotopic (exact) mass is 393 g/mol. The number of hydrogen-bond acceptors (Lipinski definition) is 4. The molecule has 2 bridgehead atoms. The van der Waals surface area contributed by atoms with Gasteiger partial charge in [-0.3, -0.25) is 14.5 Å². The highest BCUT2D eigenvalue weighted by molar-refractivity contribution is 6.30. The summed E-state index contributed by atoms with van der Waals surface area (Å²) in [5.41, 5.74) is 0.826. The van der Waals surface area contributed by atoms with Gasteiger partial charge in [0.1, 0.15) is 5.75 Å². The molecular formula is C22H16ClNO4. The van der Waals surface area contributed by atoms with E-state index in [0.717, 1.165) is 6.42 Å². The summed E-state index contributed by atoms with van der Waals surface area (Å²) in [6, 6.07) is 12.8. The molecule has 4 unspecified atom stereocenters. The Bertz CT molecular complexity index is 982. The van der Waals surface area contributed by atoms with Crippen LogP contribution < -0.4 is 9.64 Å². The minimum Gasteiger partial charge on any atom is -0.423 e. The van der Waals surface area contributed by atoms with Crippen molar-refractivity contribution in [3.63, 3.8) is 0 Å². The Morgan fingerprint density at radius 2 is 1.46 bits per heavy atom. The zero-order chi connectivity index (χ0) is 19.4. The second-order valence-electron chi connectivity index (χ2n) is 7.40. The summed E-state index contributed by atoms with van der Waals surface area (Å²) in [4.78, 5) is 39.3. The summed E-state index contributed by atoms with van der Waals surface area (Å²) in [5, 5.41) is 0.553. The van der Waals surface area contributed by atoms with E-state index < -0.39 is 5.97 Å². The fourth-order valence-electron chi connectivity index (χ4n) is 4.57. The number of halogens is 1. The van der Waals surface area contributed by atoms with Crippen molar-refractivity contribution in [1.29, 1.82) is 0 Å². The smallest absolute Gasteiger partial charge is 0.343 e. The standard InChI is InChI=1S/C22H16ClNO4/c23-15-5-9-17(10-6-15)28-22(27)12-3-7-16(8-4-12)24-20(25)18-13-1-2-14(11-13)19(18)21(24)26/h1-10,13-14,18-19H,11H2. The molecule has 0 N–H and O–H groups in total. The zero-order valence-electron chi connectivity index (χ0n) is 14.7. The molecule has 1 saturated heterocycles. The van der Waals surface area contributed by atoms with Gasteiger partial charge in [-0.15, -0.1) is 0 Å². The van der Waals surface area contributed by atoms with Crippen molar-refractivity contribution < 1.29 is 19.1 Å². The molecule has 5 nitrogen and oxygen atoms in total. The quantitative estimate of drug-likeness (QED) is 0.343. The molecule has 2 fully saturated rings. The molecular weight excluding hydrogens is 378 g/mol. The van der Waals surface area contributed by atoms with E-state index in [2.05, 4.69) is 12.2 Å². The number of rotatable bonds is 3. The van der Waals surface area contributed by atoms with Crippen LogP contribution in [0.3, 0.4) is 0 Å². The number of nitrogens with zero attached hydrogens (tertiary/aromatic N) is 1. The SMILES string of the molecule is O=C(Oc1ccc(Cl)cc1)c1ccc(N2C(=O)C3C4C=CC(C4)C3C2=O)cc1. The van der Waals surface area contributed by atoms with E-state index in [1.807, 2.05) is 0 Å². The summed E-state index contributed by atoms with van der Waals surface area (Å²) in [6.07, 6.45) is 5.03. The third-order valence-electron chi connectivity index (χ3n) is 5.86. The first-order chi connectivity index (χ1) is 13.5. The van der Waals surface area contributed by atoms with E-state index in [1.165, 1.54) is 4.90 Å². The fourth-order valence-corrected chi connectivity index (χ4v) is 4.70. The average Bonchev–Trinajstić information content (AvgIpc) is 3.38. The van der Waals surface area contributed by atoms with Gasteiger partial charge in [-0.25, -0.2) is 4.79 Å². The summed E-state index contributed by atoms with van der Waals surface area (Å²) in [6.45, 7) is 0. The molecule has 1 heterocycles. The number of allylic oxidation sites excluding steroid dienone is 2. The first-order valence-corrected chi connectivity index (χ1v) is 9.54. The minimum atomic E-state index is -0.521. The zero-order valence-corrected chi connectivity index (χ0v) is 15.5. The van der Waals surface area contributed by atoms with Crippen molar-refractivity contribution in [3.05, 3.63) is 71.3 Å². The van der Waals surface area contributed by atoms with Gasteiger partial charge in [0.25, 0.3) is 0 Å². The number of carbonyl (C=O) groups is 3. The van der Waals surface area contributed by atoms with Crippen LogP contribution in [0, 0.1) is 23.7 Å². The molecule has 140 valence electrons. The van der Waals surface area contributed by atoms with Gasteiger partial charge in [0.05, 0.1) is 23.1 Å². The summed E-state index contributed by atoms with van der Waals surface area (Å²) >= 11 is 5.82. The fraction of sp³-hybridized carbons (Fsp3) is 0.227. The van der Waals surface area contributed by atoms with Crippen LogP contribution in [0.15, 0.2) is 60.7 Å². The third-order valence-corrected chi connectivity index (χ3v) is 6.11. The molecule has 3 aliphatic rings. The van der Waals surface area contributed by atoms with Crippen LogP contribution in [0.5, 0.6) is 5.75 Å². The van der Waals surface area contributed by atoms with E-state index >= 15 is 0 Å². The maximum atomic E-state index is 12.8. The van der Waals surface area contributed by atoms with Crippen molar-refractivity contribution in [1.82, 2.24) is 0 Å². The van der Waals surface area contributed by atoms with Gasteiger partial charge in [0.2, 0.25) is 11.8 Å². The van der Waals surface area contributed by atoms with Gasteiger partial charge in [-0.2, -0.15) is 0 Å². The minimum absolute atomic E-state index is 0.136. The van der Waals surface area contributed by atoms with Crippen LogP contribution >= 0.6 is 11.6 Å². The molecule has 4 atom stereocenters. The summed E-state index contributed by atoms with van der Waals surface area (Å²) in [7, 11) is 0. The van der Waals surface area contributed by atoms with Crippen molar-refractivity contribution >= 4 is 35.1 Å². The van der Waals surface area contributed by atoms with Crippen LogP contribution in [0.4, 0.5) is 5.69 Å². The van der Waals surface area contributed by atoms with Crippen LogP contribution in [0.2, 0.25) is 5.02 Å². The third kappa shape index (κ3) is 2.58. The number of anilines is 1. The van der Waals surface area contributed by atoms with E-state index in [1.54, 1.807) is 48.5 Å². The molecule has 1 aliphatic heterocycles. The van der Waals surface area contributed by atoms with Crippen molar-refractivity contribution in [2.45, 2.75) is 6.42 Å². The topological polar surface area (TPSA) is 63.7 Å². The van der Waals surface area contributed by atoms with Crippen molar-refractivity contribution in [2.24, 2.45) is 23.7 Å². The van der Waals surface area contributed by atoms with E-state index in [4.69, 9.17) is 16.3 Å². The highest BCUT2D eigenvalue weighted by atomic mass is 35.5. The first-order valence-electron chi connectivity index (χ1n) is 9.17. The Balaban J connectivity index is 1.34. The predicted molar refractivity (Wildman–Crippen MR) is 103 cm³/mol.